The van der Waals surface area contributed by atoms with Crippen molar-refractivity contribution in [2.45, 2.75) is 39.7 Å². The van der Waals surface area contributed by atoms with Gasteiger partial charge >= 0.3 is 0 Å². The second-order valence-electron chi connectivity index (χ2n) is 7.06. The van der Waals surface area contributed by atoms with E-state index in [1.54, 1.807) is 7.11 Å². The van der Waals surface area contributed by atoms with Gasteiger partial charge in [0.2, 0.25) is 0 Å². The maximum Gasteiger partial charge on any atom is 0.295 e. The number of rotatable bonds is 6. The molecule has 0 aliphatic heterocycles. The van der Waals surface area contributed by atoms with Gasteiger partial charge in [-0.25, -0.2) is 4.98 Å². The molecule has 0 radical (unpaired) electrons. The Balaban J connectivity index is 0.00000150. The molecular formula is C21H26Cl2N4O2. The Morgan fingerprint density at radius 1 is 1.10 bits per heavy atom. The van der Waals surface area contributed by atoms with Gasteiger partial charge in [0.25, 0.3) is 6.01 Å². The number of hydrogen-bond donors (Lipinski definition) is 1. The molecule has 3 aromatic heterocycles. The smallest absolute Gasteiger partial charge is 0.295 e. The number of nitrogens with zero attached hydrogens (tertiary/aromatic N) is 3. The third kappa shape index (κ3) is 4.77. The average Bonchev–Trinajstić information content (AvgIpc) is 3.18. The van der Waals surface area contributed by atoms with Gasteiger partial charge in [0.05, 0.1) is 12.8 Å². The predicted molar refractivity (Wildman–Crippen MR) is 121 cm³/mol. The van der Waals surface area contributed by atoms with Gasteiger partial charge in [-0.3, -0.25) is 0 Å². The summed E-state index contributed by atoms with van der Waals surface area (Å²) in [6, 6.07) is 11.0. The number of imidazole rings is 1. The van der Waals surface area contributed by atoms with Crippen molar-refractivity contribution in [3.8, 4) is 5.75 Å². The zero-order valence-corrected chi connectivity index (χ0v) is 18.6. The van der Waals surface area contributed by atoms with Gasteiger partial charge in [-0.05, 0) is 57.4 Å². The van der Waals surface area contributed by atoms with E-state index in [1.165, 1.54) is 5.56 Å². The average molecular weight is 437 g/mol. The number of hydrogen-bond acceptors (Lipinski definition) is 5. The van der Waals surface area contributed by atoms with Crippen LogP contribution in [0.25, 0.3) is 16.7 Å². The highest BCUT2D eigenvalue weighted by atomic mass is 35.5. The van der Waals surface area contributed by atoms with E-state index in [0.29, 0.717) is 6.01 Å². The van der Waals surface area contributed by atoms with Gasteiger partial charge in [-0.2, -0.15) is 4.98 Å². The second kappa shape index (κ2) is 9.37. The molecule has 0 amide bonds. The summed E-state index contributed by atoms with van der Waals surface area (Å²) in [4.78, 5) is 9.24. The van der Waals surface area contributed by atoms with Crippen LogP contribution in [0.5, 0.6) is 5.75 Å². The maximum atomic E-state index is 5.81. The van der Waals surface area contributed by atoms with Crippen LogP contribution in [0, 0.1) is 6.92 Å². The second-order valence-corrected chi connectivity index (χ2v) is 7.06. The molecule has 0 fully saturated rings. The lowest BCUT2D eigenvalue weighted by Gasteiger charge is -2.02. The lowest BCUT2D eigenvalue weighted by Crippen LogP contribution is -2.09. The summed E-state index contributed by atoms with van der Waals surface area (Å²) in [6.45, 7) is 6.23. The highest BCUT2D eigenvalue weighted by molar-refractivity contribution is 5.85. The van der Waals surface area contributed by atoms with Crippen LogP contribution in [-0.2, 0) is 12.8 Å². The van der Waals surface area contributed by atoms with Crippen LogP contribution in [-0.4, -0.2) is 27.5 Å². The van der Waals surface area contributed by atoms with Crippen molar-refractivity contribution in [2.75, 3.05) is 12.4 Å². The molecule has 0 bridgehead atoms. The minimum Gasteiger partial charge on any atom is -0.497 e. The molecule has 0 aliphatic carbocycles. The summed E-state index contributed by atoms with van der Waals surface area (Å²) in [5, 5.41) is 3.20. The van der Waals surface area contributed by atoms with E-state index in [4.69, 9.17) is 14.1 Å². The van der Waals surface area contributed by atoms with Crippen LogP contribution < -0.4 is 10.1 Å². The lowest BCUT2D eigenvalue weighted by molar-refractivity contribution is 0.414. The van der Waals surface area contributed by atoms with Crippen LogP contribution in [0.4, 0.5) is 6.01 Å². The molecular weight excluding hydrogens is 411 g/mol. The van der Waals surface area contributed by atoms with Crippen molar-refractivity contribution in [1.82, 2.24) is 14.4 Å². The number of oxazole rings is 1. The molecule has 1 N–H and O–H groups in total. The van der Waals surface area contributed by atoms with Crippen molar-refractivity contribution < 1.29 is 9.15 Å². The van der Waals surface area contributed by atoms with Crippen LogP contribution in [0.3, 0.4) is 0 Å². The Morgan fingerprint density at radius 3 is 2.62 bits per heavy atom. The summed E-state index contributed by atoms with van der Waals surface area (Å²) in [7, 11) is 1.67. The minimum atomic E-state index is 0. The topological polar surface area (TPSA) is 64.6 Å². The molecule has 156 valence electrons. The first-order chi connectivity index (χ1) is 13.0. The standard InChI is InChI=1S/C21H24N4O2.2ClH/c1-13(2)22-21-24-18-8-6-15(11-19(18)27-21)5-7-17-14(3)25-10-9-16(26-4)12-20(25)23-17;;/h6,8-13H,5,7H2,1-4H3,(H,22,24);2*1H. The first-order valence-electron chi connectivity index (χ1n) is 9.21. The monoisotopic (exact) mass is 436 g/mol. The van der Waals surface area contributed by atoms with Crippen LogP contribution in [0.15, 0.2) is 40.9 Å². The summed E-state index contributed by atoms with van der Waals surface area (Å²) < 4.78 is 13.2. The molecule has 0 saturated carbocycles. The van der Waals surface area contributed by atoms with Gasteiger partial charge in [0, 0.05) is 24.0 Å². The van der Waals surface area contributed by atoms with Crippen LogP contribution in [0.1, 0.15) is 30.8 Å². The number of methoxy groups -OCH3 is 1. The van der Waals surface area contributed by atoms with Crippen molar-refractivity contribution in [3.63, 3.8) is 0 Å². The van der Waals surface area contributed by atoms with Crippen LogP contribution >= 0.6 is 24.8 Å². The first-order valence-corrected chi connectivity index (χ1v) is 9.21. The molecule has 0 unspecified atom stereocenters. The molecule has 8 heteroatoms. The molecule has 0 aliphatic rings. The van der Waals surface area contributed by atoms with Crippen molar-refractivity contribution in [2.24, 2.45) is 0 Å². The zero-order valence-electron chi connectivity index (χ0n) is 16.9. The number of anilines is 1. The number of ether oxygens (including phenoxy) is 1. The van der Waals surface area contributed by atoms with Gasteiger partial charge in [-0.15, -0.1) is 24.8 Å². The lowest BCUT2D eigenvalue weighted by atomic mass is 10.1. The van der Waals surface area contributed by atoms with E-state index in [0.717, 1.165) is 46.7 Å². The highest BCUT2D eigenvalue weighted by Gasteiger charge is 2.11. The quantitative estimate of drug-likeness (QED) is 0.447. The van der Waals surface area contributed by atoms with E-state index in [-0.39, 0.29) is 30.9 Å². The molecule has 0 atom stereocenters. The SMILES string of the molecule is COc1ccn2c(C)c(CCc3ccc4nc(NC(C)C)oc4c3)nc2c1.Cl.Cl. The predicted octanol–water partition coefficient (Wildman–Crippen LogP) is 5.24. The largest absolute Gasteiger partial charge is 0.497 e. The molecule has 4 aromatic rings. The molecule has 0 spiro atoms. The van der Waals surface area contributed by atoms with E-state index >= 15 is 0 Å². The first kappa shape index (κ1) is 22.8. The van der Waals surface area contributed by atoms with Gasteiger partial charge in [-0.1, -0.05) is 6.07 Å². The molecule has 6 nitrogen and oxygen atoms in total. The molecule has 3 heterocycles. The number of aromatic nitrogens is 3. The van der Waals surface area contributed by atoms with Crippen molar-refractivity contribution in [1.29, 1.82) is 0 Å². The fraction of sp³-hybridized carbons (Fsp3) is 0.333. The Labute approximate surface area is 182 Å². The molecule has 29 heavy (non-hydrogen) atoms. The molecule has 1 aromatic carbocycles. The van der Waals surface area contributed by atoms with E-state index in [1.807, 2.05) is 24.4 Å². The normalized spacial score (nSPS) is 10.8. The Morgan fingerprint density at radius 2 is 1.90 bits per heavy atom. The number of halogens is 2. The summed E-state index contributed by atoms with van der Waals surface area (Å²) >= 11 is 0. The third-order valence-electron chi connectivity index (χ3n) is 4.69. The third-order valence-corrected chi connectivity index (χ3v) is 4.69. The van der Waals surface area contributed by atoms with E-state index in [2.05, 4.69) is 47.6 Å². The van der Waals surface area contributed by atoms with Crippen molar-refractivity contribution in [3.05, 3.63) is 53.5 Å². The number of benzene rings is 1. The van der Waals surface area contributed by atoms with Gasteiger partial charge in [0.15, 0.2) is 5.58 Å². The fourth-order valence-electron chi connectivity index (χ4n) is 3.26. The zero-order chi connectivity index (χ0) is 19.0. The van der Waals surface area contributed by atoms with Gasteiger partial charge in [0.1, 0.15) is 16.9 Å². The van der Waals surface area contributed by atoms with Gasteiger partial charge < -0.3 is 18.9 Å². The Hall–Kier alpha value is -2.44. The Kier molecular flexibility index (Phi) is 7.38. The minimum absolute atomic E-state index is 0. The highest BCUT2D eigenvalue weighted by Crippen LogP contribution is 2.23. The van der Waals surface area contributed by atoms with Crippen molar-refractivity contribution >= 4 is 47.6 Å². The van der Waals surface area contributed by atoms with E-state index in [9.17, 15) is 0 Å². The number of aryl methyl sites for hydroxylation is 3. The number of pyridine rings is 1. The maximum absolute atomic E-state index is 5.81. The molecule has 4 rings (SSSR count). The number of nitrogens with one attached hydrogen (secondary N) is 1. The van der Waals surface area contributed by atoms with Crippen LogP contribution in [0.2, 0.25) is 0 Å². The molecule has 0 saturated heterocycles. The fourth-order valence-corrected chi connectivity index (χ4v) is 3.26. The summed E-state index contributed by atoms with van der Waals surface area (Å²) in [6.07, 6.45) is 3.77. The summed E-state index contributed by atoms with van der Waals surface area (Å²) in [5.74, 6) is 0.820. The van der Waals surface area contributed by atoms with E-state index < -0.39 is 0 Å². The Bertz CT molecular complexity index is 1100. The number of fused-ring (bicyclic) bond motifs is 2. The summed E-state index contributed by atoms with van der Waals surface area (Å²) in [5.41, 5.74) is 6.07.